The van der Waals surface area contributed by atoms with E-state index in [1.165, 1.54) is 36.0 Å². The number of nitrogens with one attached hydrogen (secondary N) is 1. The lowest BCUT2D eigenvalue weighted by molar-refractivity contribution is 0.327. The van der Waals surface area contributed by atoms with Crippen LogP contribution in [-0.4, -0.2) is 6.04 Å². The van der Waals surface area contributed by atoms with E-state index in [9.17, 15) is 0 Å². The van der Waals surface area contributed by atoms with Crippen molar-refractivity contribution in [3.63, 3.8) is 0 Å². The third-order valence-corrected chi connectivity index (χ3v) is 4.96. The Balaban J connectivity index is 2.03. The lowest BCUT2D eigenvalue weighted by atomic mass is 9.93. The molecule has 106 valence electrons. The number of hydrogen-bond acceptors (Lipinski definition) is 1. The summed E-state index contributed by atoms with van der Waals surface area (Å²) < 4.78 is 0. The van der Waals surface area contributed by atoms with Crippen molar-refractivity contribution in [2.24, 2.45) is 11.8 Å². The minimum absolute atomic E-state index is 0.460. The molecule has 1 N–H and O–H groups in total. The molecule has 0 saturated heterocycles. The van der Waals surface area contributed by atoms with Gasteiger partial charge >= 0.3 is 0 Å². The number of aryl methyl sites for hydroxylation is 2. The molecule has 1 nitrogen and oxygen atoms in total. The van der Waals surface area contributed by atoms with Crippen molar-refractivity contribution in [3.05, 3.63) is 34.9 Å². The fourth-order valence-corrected chi connectivity index (χ4v) is 3.74. The van der Waals surface area contributed by atoms with Crippen LogP contribution in [0.2, 0.25) is 0 Å². The van der Waals surface area contributed by atoms with Gasteiger partial charge in [-0.15, -0.1) is 0 Å². The van der Waals surface area contributed by atoms with Gasteiger partial charge in [0.1, 0.15) is 0 Å². The van der Waals surface area contributed by atoms with E-state index in [0.717, 1.165) is 11.8 Å². The van der Waals surface area contributed by atoms with Crippen molar-refractivity contribution in [3.8, 4) is 0 Å². The molecule has 1 aliphatic carbocycles. The van der Waals surface area contributed by atoms with Crippen LogP contribution in [0, 0.1) is 25.7 Å². The van der Waals surface area contributed by atoms with Crippen LogP contribution in [0.15, 0.2) is 18.2 Å². The van der Waals surface area contributed by atoms with Gasteiger partial charge in [0.05, 0.1) is 0 Å². The maximum atomic E-state index is 3.86. The Labute approximate surface area is 118 Å². The molecule has 0 aliphatic heterocycles. The van der Waals surface area contributed by atoms with Gasteiger partial charge in [0, 0.05) is 12.1 Å². The lowest BCUT2D eigenvalue weighted by Gasteiger charge is -2.25. The van der Waals surface area contributed by atoms with Gasteiger partial charge in [0.25, 0.3) is 0 Å². The van der Waals surface area contributed by atoms with Gasteiger partial charge < -0.3 is 5.32 Å². The first-order valence-electron chi connectivity index (χ1n) is 7.85. The van der Waals surface area contributed by atoms with Gasteiger partial charge in [-0.2, -0.15) is 0 Å². The molecule has 1 aromatic rings. The minimum atomic E-state index is 0.460. The van der Waals surface area contributed by atoms with Gasteiger partial charge in [-0.05, 0) is 51.0 Å². The van der Waals surface area contributed by atoms with E-state index in [1.54, 1.807) is 0 Å². The van der Waals surface area contributed by atoms with Gasteiger partial charge in [0.2, 0.25) is 0 Å². The maximum absolute atomic E-state index is 3.86. The van der Waals surface area contributed by atoms with Crippen LogP contribution < -0.4 is 5.32 Å². The van der Waals surface area contributed by atoms with Crippen LogP contribution in [0.1, 0.15) is 62.8 Å². The normalized spacial score (nSPS) is 28.6. The molecule has 1 aromatic carbocycles. The Hall–Kier alpha value is -0.820. The third kappa shape index (κ3) is 3.39. The largest absolute Gasteiger partial charge is 0.307 e. The van der Waals surface area contributed by atoms with E-state index >= 15 is 0 Å². The zero-order valence-electron chi connectivity index (χ0n) is 13.2. The zero-order chi connectivity index (χ0) is 14.0. The highest BCUT2D eigenvalue weighted by Crippen LogP contribution is 2.35. The summed E-state index contributed by atoms with van der Waals surface area (Å²) >= 11 is 0. The topological polar surface area (TPSA) is 12.0 Å². The van der Waals surface area contributed by atoms with Gasteiger partial charge in [-0.25, -0.2) is 0 Å². The Morgan fingerprint density at radius 2 is 1.79 bits per heavy atom. The summed E-state index contributed by atoms with van der Waals surface area (Å²) in [4.78, 5) is 0. The fourth-order valence-electron chi connectivity index (χ4n) is 3.74. The van der Waals surface area contributed by atoms with Gasteiger partial charge in [-0.3, -0.25) is 0 Å². The van der Waals surface area contributed by atoms with Crippen LogP contribution in [0.25, 0.3) is 0 Å². The summed E-state index contributed by atoms with van der Waals surface area (Å²) in [5.74, 6) is 1.74. The highest BCUT2D eigenvalue weighted by atomic mass is 15.0. The molecule has 0 heterocycles. The molecular formula is C18H29N. The molecule has 2 rings (SSSR count). The molecule has 1 aliphatic rings. The molecule has 0 bridgehead atoms. The standard InChI is InChI=1S/C18H29N/c1-6-16-7-8-18(14(16)4)19-15(5)17-10-12(2)9-13(3)11-17/h9-11,14-16,18-19H,6-8H2,1-5H3. The monoisotopic (exact) mass is 259 g/mol. The summed E-state index contributed by atoms with van der Waals surface area (Å²) in [6.45, 7) is 11.4. The van der Waals surface area contributed by atoms with Crippen molar-refractivity contribution in [1.82, 2.24) is 5.32 Å². The predicted octanol–water partition coefficient (Wildman–Crippen LogP) is 4.78. The molecule has 4 unspecified atom stereocenters. The smallest absolute Gasteiger partial charge is 0.0294 e. The molecule has 1 heteroatoms. The second kappa shape index (κ2) is 6.09. The van der Waals surface area contributed by atoms with Crippen molar-refractivity contribution >= 4 is 0 Å². The third-order valence-electron chi connectivity index (χ3n) is 4.96. The quantitative estimate of drug-likeness (QED) is 0.820. The first kappa shape index (κ1) is 14.6. The van der Waals surface area contributed by atoms with E-state index < -0.39 is 0 Å². The minimum Gasteiger partial charge on any atom is -0.307 e. The van der Waals surface area contributed by atoms with Crippen molar-refractivity contribution < 1.29 is 0 Å². The van der Waals surface area contributed by atoms with Crippen molar-refractivity contribution in [1.29, 1.82) is 0 Å². The zero-order valence-corrected chi connectivity index (χ0v) is 13.2. The Morgan fingerprint density at radius 1 is 1.16 bits per heavy atom. The average Bonchev–Trinajstić information content (AvgIpc) is 2.69. The first-order chi connectivity index (χ1) is 9.01. The molecule has 1 saturated carbocycles. The number of hydrogen-bond donors (Lipinski definition) is 1. The van der Waals surface area contributed by atoms with Crippen LogP contribution in [0.4, 0.5) is 0 Å². The van der Waals surface area contributed by atoms with E-state index in [-0.39, 0.29) is 0 Å². The average molecular weight is 259 g/mol. The molecule has 4 atom stereocenters. The Kier molecular flexibility index (Phi) is 4.67. The number of rotatable bonds is 4. The molecule has 0 aromatic heterocycles. The predicted molar refractivity (Wildman–Crippen MR) is 83.4 cm³/mol. The molecular weight excluding hydrogens is 230 g/mol. The molecule has 19 heavy (non-hydrogen) atoms. The highest BCUT2D eigenvalue weighted by molar-refractivity contribution is 5.30. The summed E-state index contributed by atoms with van der Waals surface area (Å²) in [7, 11) is 0. The SMILES string of the molecule is CCC1CCC(NC(C)c2cc(C)cc(C)c2)C1C. The second-order valence-corrected chi connectivity index (χ2v) is 6.52. The summed E-state index contributed by atoms with van der Waals surface area (Å²) in [5.41, 5.74) is 4.17. The highest BCUT2D eigenvalue weighted by Gasteiger charge is 2.32. The van der Waals surface area contributed by atoms with E-state index in [0.29, 0.717) is 12.1 Å². The van der Waals surface area contributed by atoms with Crippen LogP contribution >= 0.6 is 0 Å². The summed E-state index contributed by atoms with van der Waals surface area (Å²) in [5, 5.41) is 3.86. The van der Waals surface area contributed by atoms with Crippen LogP contribution in [0.5, 0.6) is 0 Å². The molecule has 1 fully saturated rings. The first-order valence-corrected chi connectivity index (χ1v) is 7.85. The van der Waals surface area contributed by atoms with Crippen molar-refractivity contribution in [2.45, 2.75) is 66.0 Å². The Morgan fingerprint density at radius 3 is 2.32 bits per heavy atom. The second-order valence-electron chi connectivity index (χ2n) is 6.52. The molecule has 0 spiro atoms. The van der Waals surface area contributed by atoms with E-state index in [2.05, 4.69) is 58.1 Å². The summed E-state index contributed by atoms with van der Waals surface area (Å²) in [6.07, 6.45) is 4.07. The van der Waals surface area contributed by atoms with E-state index in [4.69, 9.17) is 0 Å². The van der Waals surface area contributed by atoms with Crippen LogP contribution in [0.3, 0.4) is 0 Å². The van der Waals surface area contributed by atoms with Gasteiger partial charge in [-0.1, -0.05) is 49.6 Å². The van der Waals surface area contributed by atoms with Gasteiger partial charge in [0.15, 0.2) is 0 Å². The Bertz CT molecular complexity index is 403. The number of benzene rings is 1. The summed E-state index contributed by atoms with van der Waals surface area (Å²) in [6, 6.07) is 8.05. The van der Waals surface area contributed by atoms with Crippen molar-refractivity contribution in [2.75, 3.05) is 0 Å². The maximum Gasteiger partial charge on any atom is 0.0294 e. The molecule has 0 radical (unpaired) electrons. The van der Waals surface area contributed by atoms with E-state index in [1.807, 2.05) is 0 Å². The molecule has 0 amide bonds. The fraction of sp³-hybridized carbons (Fsp3) is 0.667. The lowest BCUT2D eigenvalue weighted by Crippen LogP contribution is -2.34. The van der Waals surface area contributed by atoms with Crippen LogP contribution in [-0.2, 0) is 0 Å².